The van der Waals surface area contributed by atoms with E-state index in [4.69, 9.17) is 69.9 Å². The first-order valence-electron chi connectivity index (χ1n) is 37.9. The molecule has 22 N–H and O–H groups in total. The third kappa shape index (κ3) is 25.4. The van der Waals surface area contributed by atoms with Gasteiger partial charge in [-0.25, -0.2) is 44.7 Å². The van der Waals surface area contributed by atoms with Crippen molar-refractivity contribution in [3.8, 4) is 23.5 Å². The Morgan fingerprint density at radius 2 is 0.612 bits per heavy atom. The number of nitrogens with one attached hydrogen (secondary N) is 5. The van der Waals surface area contributed by atoms with Gasteiger partial charge < -0.3 is 111 Å². The molecule has 0 radical (unpaired) electrons. The quantitative estimate of drug-likeness (QED) is 0.0601. The molecule has 0 bridgehead atoms. The molecule has 4 aliphatic heterocycles. The van der Waals surface area contributed by atoms with Gasteiger partial charge in [0.15, 0.2) is 0 Å². The first-order valence-corrected chi connectivity index (χ1v) is 37.9. The molecule has 4 fully saturated rings. The summed E-state index contributed by atoms with van der Waals surface area (Å²) in [6.07, 6.45) is 19.2. The number of primary amides is 4. The van der Waals surface area contributed by atoms with Crippen molar-refractivity contribution in [1.82, 2.24) is 59.9 Å². The third-order valence-corrected chi connectivity index (χ3v) is 19.7. The van der Waals surface area contributed by atoms with Crippen molar-refractivity contribution in [2.24, 2.45) is 46.6 Å². The van der Waals surface area contributed by atoms with Crippen LogP contribution in [-0.2, 0) is 38.4 Å². The number of aliphatic carboxylic acids is 1. The van der Waals surface area contributed by atoms with Gasteiger partial charge in [0, 0.05) is 50.5 Å². The Bertz CT molecular complexity index is 4690. The van der Waals surface area contributed by atoms with Crippen molar-refractivity contribution in [1.29, 1.82) is 0 Å². The lowest BCUT2D eigenvalue weighted by atomic mass is 9.90. The summed E-state index contributed by atoms with van der Waals surface area (Å²) in [5.74, 6) is -7.12. The number of likely N-dealkylation sites (tertiary alicyclic amines) is 3. The zero-order valence-corrected chi connectivity index (χ0v) is 67.7. The van der Waals surface area contributed by atoms with Crippen LogP contribution in [0.2, 0.25) is 0 Å². The summed E-state index contributed by atoms with van der Waals surface area (Å²) in [6, 6.07) is 19.2. The molecule has 121 heavy (non-hydrogen) atoms. The number of carbonyl (C=O) groups is 12. The SMILES string of the molecule is CC1CCC(c2ccc(N)nc2)NC1.COc1ncc(NC(=O)C(=O)N2CC(C)CCC2c2ccc(N)nc2)cc1C(N)=O.COc1ncc(NC(=O)C(=O)N2C[C@@H](C)CC[C@@H]2c2ccc(N)nc2)cc1C(N)=O.COc1ncc(NC(=O)C(=O)N2C[C@H](C)CC[C@H]2c2ccc(N)nc2)cc1C(N)=O.COc1ncc(NC(=O)C(=O)O)cc1C(N)=O. The third-order valence-electron chi connectivity index (χ3n) is 19.7. The molecule has 0 saturated carbocycles. The topological polar surface area (TPSA) is 643 Å². The summed E-state index contributed by atoms with van der Waals surface area (Å²) < 4.78 is 19.7. The highest BCUT2D eigenvalue weighted by Crippen LogP contribution is 2.38. The molecule has 0 aliphatic carbocycles. The van der Waals surface area contributed by atoms with Gasteiger partial charge in [-0.3, -0.25) is 52.7 Å². The van der Waals surface area contributed by atoms with Crippen molar-refractivity contribution in [2.45, 2.75) is 103 Å². The number of nitrogen functional groups attached to an aromatic ring is 4. The van der Waals surface area contributed by atoms with E-state index in [1.165, 1.54) is 89.7 Å². The van der Waals surface area contributed by atoms with Crippen LogP contribution in [0.1, 0.15) is 167 Å². The van der Waals surface area contributed by atoms with Crippen LogP contribution < -0.4 is 91.4 Å². The predicted molar refractivity (Wildman–Crippen MR) is 442 cm³/mol. The molecule has 4 saturated heterocycles. The Morgan fingerprint density at radius 3 is 0.835 bits per heavy atom. The zero-order valence-electron chi connectivity index (χ0n) is 67.7. The number of nitrogens with zero attached hydrogens (tertiary/aromatic N) is 11. The van der Waals surface area contributed by atoms with E-state index in [1.807, 2.05) is 56.6 Å². The normalized spacial score (nSPS) is 18.3. The first kappa shape index (κ1) is 91.7. The molecule has 12 rings (SSSR count). The molecule has 12 heterocycles. The van der Waals surface area contributed by atoms with E-state index in [9.17, 15) is 57.5 Å². The second-order valence-electron chi connectivity index (χ2n) is 28.9. The minimum atomic E-state index is -1.65. The van der Waals surface area contributed by atoms with E-state index in [0.717, 1.165) is 54.6 Å². The van der Waals surface area contributed by atoms with Crippen molar-refractivity contribution >= 4 is 117 Å². The number of hydrogen-bond acceptors (Lipinski definition) is 29. The number of rotatable bonds is 16. The van der Waals surface area contributed by atoms with Gasteiger partial charge >= 0.3 is 47.3 Å². The molecule has 11 amide bonds. The molecule has 0 spiro atoms. The lowest BCUT2D eigenvalue weighted by Gasteiger charge is -2.38. The number of pyridine rings is 8. The van der Waals surface area contributed by atoms with Crippen molar-refractivity contribution in [3.05, 3.63) is 167 Å². The molecule has 41 nitrogen and oxygen atoms in total. The Kier molecular flexibility index (Phi) is 32.5. The number of ether oxygens (including phenoxy) is 4. The van der Waals surface area contributed by atoms with Gasteiger partial charge in [0.05, 0.1) is 94.1 Å². The van der Waals surface area contributed by atoms with E-state index in [0.29, 0.717) is 68.2 Å². The maximum Gasteiger partial charge on any atom is 0.394 e. The van der Waals surface area contributed by atoms with Crippen LogP contribution in [0.5, 0.6) is 23.5 Å². The summed E-state index contributed by atoms with van der Waals surface area (Å²) in [6.45, 7) is 10.8. The molecular weight excluding hydrogens is 1570 g/mol. The predicted octanol–water partition coefficient (Wildman–Crippen LogP) is 4.25. The van der Waals surface area contributed by atoms with Crippen LogP contribution in [0.3, 0.4) is 0 Å². The first-order chi connectivity index (χ1) is 57.6. The Morgan fingerprint density at radius 1 is 0.355 bits per heavy atom. The van der Waals surface area contributed by atoms with Crippen LogP contribution in [0.25, 0.3) is 0 Å². The number of piperidine rings is 4. The average molecular weight is 1670 g/mol. The molecule has 8 aromatic rings. The van der Waals surface area contributed by atoms with Gasteiger partial charge in [-0.05, 0) is 152 Å². The number of hydrogen-bond donors (Lipinski definition) is 14. The highest BCUT2D eigenvalue weighted by Gasteiger charge is 2.38. The standard InChI is InChI=1S/3C20H24N6O4.C11H17N3.C9H9N3O5/c3*1-11-3-5-15(12-4-6-16(21)23-8-12)26(10-11)20(29)18(28)25-13-7-14(17(22)27)19(30-2)24-9-13;1-8-2-4-10(13-6-8)9-3-5-11(12)14-7-9;1-17-8-5(6(10)13)2-4(3-11-8)12-7(14)9(15)16/h3*4,6-9,11,15H,3,5,10H2,1-2H3,(H2,21,23)(H2,22,27)(H,25,28);3,5,7-8,10,13H,2,4,6H2,1H3,(H2,12,14);2-3H,1H3,(H2,10,13)(H,12,14)(H,15,16)/t2*11-,15+;;;/m10.../s1. The smallest absolute Gasteiger partial charge is 0.394 e. The number of anilines is 8. The summed E-state index contributed by atoms with van der Waals surface area (Å²) in [4.78, 5) is 180. The van der Waals surface area contributed by atoms with Gasteiger partial charge in [-0.15, -0.1) is 0 Å². The number of carboxylic acid groups (broad SMARTS) is 1. The number of methoxy groups -OCH3 is 4. The Labute approximate surface area is 694 Å². The van der Waals surface area contributed by atoms with Gasteiger partial charge in [0.25, 0.3) is 23.6 Å². The largest absolute Gasteiger partial charge is 0.480 e. The lowest BCUT2D eigenvalue weighted by molar-refractivity contribution is -0.147. The van der Waals surface area contributed by atoms with E-state index in [-0.39, 0.29) is 104 Å². The summed E-state index contributed by atoms with van der Waals surface area (Å²) in [7, 11) is 5.34. The zero-order chi connectivity index (χ0) is 88.5. The van der Waals surface area contributed by atoms with Crippen molar-refractivity contribution in [2.75, 3.05) is 98.8 Å². The minimum absolute atomic E-state index is 0.000156. The van der Waals surface area contributed by atoms with Gasteiger partial charge in [0.2, 0.25) is 23.5 Å². The van der Waals surface area contributed by atoms with Crippen molar-refractivity contribution < 1.29 is 81.6 Å². The van der Waals surface area contributed by atoms with E-state index < -0.39 is 70.9 Å². The fourth-order valence-corrected chi connectivity index (χ4v) is 13.5. The van der Waals surface area contributed by atoms with E-state index in [1.54, 1.807) is 51.5 Å². The fourth-order valence-electron chi connectivity index (χ4n) is 13.5. The monoisotopic (exact) mass is 1670 g/mol. The molecular formula is C80H98N24O17. The molecule has 41 heteroatoms. The van der Waals surface area contributed by atoms with Crippen LogP contribution in [0.15, 0.2) is 122 Å². The second-order valence-corrected chi connectivity index (χ2v) is 28.9. The maximum absolute atomic E-state index is 13.0. The molecule has 8 atom stereocenters. The highest BCUT2D eigenvalue weighted by atomic mass is 16.5. The summed E-state index contributed by atoms with van der Waals surface area (Å²) in [5, 5.41) is 21.4. The second kappa shape index (κ2) is 42.9. The summed E-state index contributed by atoms with van der Waals surface area (Å²) in [5.41, 5.74) is 47.7. The molecule has 8 aromatic heterocycles. The van der Waals surface area contributed by atoms with Gasteiger partial charge in [-0.2, -0.15) is 0 Å². The maximum atomic E-state index is 13.0. The van der Waals surface area contributed by atoms with Crippen LogP contribution in [0.4, 0.5) is 46.0 Å². The lowest BCUT2D eigenvalue weighted by Crippen LogP contribution is -2.46. The van der Waals surface area contributed by atoms with Gasteiger partial charge in [0.1, 0.15) is 45.5 Å². The fraction of sp³-hybridized carbons (Fsp3) is 0.350. The number of carbonyl (C=O) groups excluding carboxylic acids is 11. The Balaban J connectivity index is 0.000000193. The van der Waals surface area contributed by atoms with Crippen LogP contribution >= 0.6 is 0 Å². The molecule has 0 aromatic carbocycles. The summed E-state index contributed by atoms with van der Waals surface area (Å²) >= 11 is 0. The van der Waals surface area contributed by atoms with Crippen LogP contribution in [-0.4, -0.2) is 185 Å². The number of aromatic nitrogens is 8. The number of amides is 11. The highest BCUT2D eigenvalue weighted by molar-refractivity contribution is 6.41. The Hall–Kier alpha value is -14.8. The number of carboxylic acids is 1. The van der Waals surface area contributed by atoms with Crippen molar-refractivity contribution in [3.63, 3.8) is 0 Å². The molecule has 4 aliphatic rings. The molecule has 4 unspecified atom stereocenters. The van der Waals surface area contributed by atoms with E-state index >= 15 is 0 Å². The molecule has 640 valence electrons. The minimum Gasteiger partial charge on any atom is -0.480 e. The van der Waals surface area contributed by atoms with Crippen LogP contribution in [0, 0.1) is 23.7 Å². The van der Waals surface area contributed by atoms with E-state index in [2.05, 4.69) is 74.1 Å². The average Bonchev–Trinajstić information content (AvgIpc) is 0.808. The number of nitrogens with two attached hydrogens (primary N) is 8. The van der Waals surface area contributed by atoms with Gasteiger partial charge in [-0.1, -0.05) is 52.0 Å².